The van der Waals surface area contributed by atoms with Crippen LogP contribution in [0.25, 0.3) is 0 Å². The number of aryl methyl sites for hydroxylation is 2. The predicted molar refractivity (Wildman–Crippen MR) is 69.4 cm³/mol. The molecular formula is C12H20BrN3. The Morgan fingerprint density at radius 3 is 2.69 bits per heavy atom. The van der Waals surface area contributed by atoms with E-state index in [2.05, 4.69) is 33.3 Å². The van der Waals surface area contributed by atoms with E-state index in [9.17, 15) is 0 Å². The Balaban J connectivity index is 2.00. The van der Waals surface area contributed by atoms with E-state index in [-0.39, 0.29) is 0 Å². The van der Waals surface area contributed by atoms with Gasteiger partial charge in [-0.25, -0.2) is 0 Å². The minimum absolute atomic E-state index is 0.715. The van der Waals surface area contributed by atoms with Gasteiger partial charge in [-0.3, -0.25) is 4.68 Å². The molecule has 4 heteroatoms. The van der Waals surface area contributed by atoms with E-state index in [1.165, 1.54) is 35.8 Å². The molecule has 0 bridgehead atoms. The molecule has 2 rings (SSSR count). The van der Waals surface area contributed by atoms with Gasteiger partial charge in [-0.1, -0.05) is 19.8 Å². The third-order valence-corrected chi connectivity index (χ3v) is 4.33. The van der Waals surface area contributed by atoms with Gasteiger partial charge in [-0.2, -0.15) is 5.10 Å². The van der Waals surface area contributed by atoms with E-state index in [1.807, 2.05) is 11.7 Å². The normalized spacial score (nSPS) is 17.2. The van der Waals surface area contributed by atoms with Crippen LogP contribution in [-0.4, -0.2) is 15.8 Å². The van der Waals surface area contributed by atoms with Gasteiger partial charge < -0.3 is 5.32 Å². The quantitative estimate of drug-likeness (QED) is 0.922. The summed E-state index contributed by atoms with van der Waals surface area (Å²) < 4.78 is 3.17. The lowest BCUT2D eigenvalue weighted by Gasteiger charge is -2.12. The lowest BCUT2D eigenvalue weighted by molar-refractivity contribution is 0.507. The van der Waals surface area contributed by atoms with Gasteiger partial charge in [-0.05, 0) is 35.2 Å². The van der Waals surface area contributed by atoms with Crippen LogP contribution in [-0.2, 0) is 20.0 Å². The number of hydrogen-bond donors (Lipinski definition) is 1. The average Bonchev–Trinajstić information content (AvgIpc) is 2.86. The van der Waals surface area contributed by atoms with E-state index in [0.717, 1.165) is 18.7 Å². The molecule has 1 heterocycles. The molecule has 1 aliphatic carbocycles. The molecule has 0 amide bonds. The molecule has 90 valence electrons. The van der Waals surface area contributed by atoms with Crippen LogP contribution in [0.4, 0.5) is 0 Å². The minimum atomic E-state index is 0.715. The van der Waals surface area contributed by atoms with Gasteiger partial charge in [0.1, 0.15) is 0 Å². The molecule has 1 saturated carbocycles. The molecule has 0 aliphatic heterocycles. The van der Waals surface area contributed by atoms with E-state index < -0.39 is 0 Å². The molecule has 1 aromatic heterocycles. The SMILES string of the molecule is CCc1nn(C)c(CNC2CCCC2)c1Br. The second-order valence-electron chi connectivity index (χ2n) is 4.55. The fraction of sp³-hybridized carbons (Fsp3) is 0.750. The van der Waals surface area contributed by atoms with E-state index in [4.69, 9.17) is 0 Å². The zero-order valence-electron chi connectivity index (χ0n) is 10.1. The molecule has 3 nitrogen and oxygen atoms in total. The van der Waals surface area contributed by atoms with Crippen LogP contribution in [0.2, 0.25) is 0 Å². The maximum Gasteiger partial charge on any atom is 0.0767 e. The van der Waals surface area contributed by atoms with Gasteiger partial charge in [0.05, 0.1) is 15.9 Å². The van der Waals surface area contributed by atoms with E-state index >= 15 is 0 Å². The lowest BCUT2D eigenvalue weighted by atomic mass is 10.2. The molecule has 16 heavy (non-hydrogen) atoms. The van der Waals surface area contributed by atoms with Crippen molar-refractivity contribution in [2.75, 3.05) is 0 Å². The molecule has 0 radical (unpaired) electrons. The first-order chi connectivity index (χ1) is 7.72. The smallest absolute Gasteiger partial charge is 0.0767 e. The number of aromatic nitrogens is 2. The van der Waals surface area contributed by atoms with Crippen LogP contribution < -0.4 is 5.32 Å². The van der Waals surface area contributed by atoms with Gasteiger partial charge in [0, 0.05) is 19.6 Å². The molecule has 0 atom stereocenters. The highest BCUT2D eigenvalue weighted by molar-refractivity contribution is 9.10. The average molecular weight is 286 g/mol. The summed E-state index contributed by atoms with van der Waals surface area (Å²) in [5.41, 5.74) is 2.43. The number of hydrogen-bond acceptors (Lipinski definition) is 2. The Hall–Kier alpha value is -0.350. The maximum atomic E-state index is 4.50. The van der Waals surface area contributed by atoms with Gasteiger partial charge in [0.15, 0.2) is 0 Å². The first kappa shape index (κ1) is 12.1. The fourth-order valence-corrected chi connectivity index (χ4v) is 3.14. The summed E-state index contributed by atoms with van der Waals surface area (Å²) in [7, 11) is 2.02. The monoisotopic (exact) mass is 285 g/mol. The highest BCUT2D eigenvalue weighted by atomic mass is 79.9. The van der Waals surface area contributed by atoms with Crippen LogP contribution in [0, 0.1) is 0 Å². The van der Waals surface area contributed by atoms with Crippen LogP contribution in [0.15, 0.2) is 4.47 Å². The largest absolute Gasteiger partial charge is 0.308 e. The number of halogens is 1. The molecule has 0 aromatic carbocycles. The van der Waals surface area contributed by atoms with Crippen LogP contribution in [0.1, 0.15) is 44.0 Å². The third kappa shape index (κ3) is 2.48. The third-order valence-electron chi connectivity index (χ3n) is 3.42. The summed E-state index contributed by atoms with van der Waals surface area (Å²) in [4.78, 5) is 0. The Bertz CT molecular complexity index is 353. The zero-order chi connectivity index (χ0) is 11.5. The highest BCUT2D eigenvalue weighted by Crippen LogP contribution is 2.23. The van der Waals surface area contributed by atoms with Crippen molar-refractivity contribution in [3.8, 4) is 0 Å². The summed E-state index contributed by atoms with van der Waals surface area (Å²) >= 11 is 3.65. The zero-order valence-corrected chi connectivity index (χ0v) is 11.7. The summed E-state index contributed by atoms with van der Waals surface area (Å²) in [6.07, 6.45) is 6.40. The molecule has 1 fully saturated rings. The fourth-order valence-electron chi connectivity index (χ4n) is 2.38. The van der Waals surface area contributed by atoms with E-state index in [1.54, 1.807) is 0 Å². The summed E-state index contributed by atoms with van der Waals surface area (Å²) in [5.74, 6) is 0. The van der Waals surface area contributed by atoms with Crippen molar-refractivity contribution in [3.63, 3.8) is 0 Å². The van der Waals surface area contributed by atoms with Crippen molar-refractivity contribution in [2.24, 2.45) is 7.05 Å². The highest BCUT2D eigenvalue weighted by Gasteiger charge is 2.17. The van der Waals surface area contributed by atoms with Crippen LogP contribution >= 0.6 is 15.9 Å². The van der Waals surface area contributed by atoms with Gasteiger partial charge in [0.2, 0.25) is 0 Å². The minimum Gasteiger partial charge on any atom is -0.308 e. The molecule has 0 saturated heterocycles. The molecule has 1 aromatic rings. The molecule has 1 N–H and O–H groups in total. The molecule has 1 aliphatic rings. The topological polar surface area (TPSA) is 29.9 Å². The van der Waals surface area contributed by atoms with Crippen molar-refractivity contribution >= 4 is 15.9 Å². The second-order valence-corrected chi connectivity index (χ2v) is 5.34. The van der Waals surface area contributed by atoms with Crippen LogP contribution in [0.3, 0.4) is 0 Å². The lowest BCUT2D eigenvalue weighted by Crippen LogP contribution is -2.26. The molecule has 0 unspecified atom stereocenters. The standard InChI is InChI=1S/C12H20BrN3/c1-3-10-12(13)11(16(2)15-10)8-14-9-6-4-5-7-9/h9,14H,3-8H2,1-2H3. The number of rotatable bonds is 4. The summed E-state index contributed by atoms with van der Waals surface area (Å²) in [6, 6.07) is 0.715. The van der Waals surface area contributed by atoms with Crippen molar-refractivity contribution in [1.29, 1.82) is 0 Å². The summed E-state index contributed by atoms with van der Waals surface area (Å²) in [6.45, 7) is 3.07. The van der Waals surface area contributed by atoms with Crippen molar-refractivity contribution in [1.82, 2.24) is 15.1 Å². The Labute approximate surface area is 106 Å². The van der Waals surface area contributed by atoms with Crippen molar-refractivity contribution in [3.05, 3.63) is 15.9 Å². The second kappa shape index (κ2) is 5.32. The Morgan fingerprint density at radius 1 is 1.44 bits per heavy atom. The number of nitrogens with zero attached hydrogens (tertiary/aromatic N) is 2. The Morgan fingerprint density at radius 2 is 2.12 bits per heavy atom. The molecular weight excluding hydrogens is 266 g/mol. The van der Waals surface area contributed by atoms with Gasteiger partial charge >= 0.3 is 0 Å². The van der Waals surface area contributed by atoms with Gasteiger partial charge in [0.25, 0.3) is 0 Å². The van der Waals surface area contributed by atoms with Crippen LogP contribution in [0.5, 0.6) is 0 Å². The maximum absolute atomic E-state index is 4.50. The van der Waals surface area contributed by atoms with Gasteiger partial charge in [-0.15, -0.1) is 0 Å². The van der Waals surface area contributed by atoms with Crippen molar-refractivity contribution < 1.29 is 0 Å². The predicted octanol–water partition coefficient (Wildman–Crippen LogP) is 2.78. The molecule has 0 spiro atoms. The summed E-state index contributed by atoms with van der Waals surface area (Å²) in [5, 5.41) is 8.13. The number of nitrogens with one attached hydrogen (secondary N) is 1. The van der Waals surface area contributed by atoms with Crippen molar-refractivity contribution in [2.45, 2.75) is 51.6 Å². The first-order valence-electron chi connectivity index (χ1n) is 6.16. The first-order valence-corrected chi connectivity index (χ1v) is 6.95. The Kier molecular flexibility index (Phi) is 4.03. The van der Waals surface area contributed by atoms with E-state index in [0.29, 0.717) is 6.04 Å².